The third-order valence-corrected chi connectivity index (χ3v) is 4.73. The first-order chi connectivity index (χ1) is 8.69. The standard InChI is InChI=1S/C11H15ClN2O4S/c1-7-4-10(14(15)16)11(5-8(7)2)19(17,18)13-9(3)6-12/h4-5,9,13H,6H2,1-3H3. The molecule has 6 nitrogen and oxygen atoms in total. The Bertz CT molecular complexity index is 601. The fourth-order valence-corrected chi connectivity index (χ4v) is 3.14. The van der Waals surface area contributed by atoms with E-state index in [1.54, 1.807) is 20.8 Å². The SMILES string of the molecule is Cc1cc([N+](=O)[O-])c(S(=O)(=O)NC(C)CCl)cc1C. The number of nitrogens with zero attached hydrogens (tertiary/aromatic N) is 1. The Hall–Kier alpha value is -1.18. The van der Waals surface area contributed by atoms with Crippen LogP contribution in [0.25, 0.3) is 0 Å². The van der Waals surface area contributed by atoms with Crippen LogP contribution in [0.3, 0.4) is 0 Å². The highest BCUT2D eigenvalue weighted by Gasteiger charge is 2.27. The Kier molecular flexibility index (Phi) is 4.89. The van der Waals surface area contributed by atoms with Gasteiger partial charge in [-0.2, -0.15) is 0 Å². The van der Waals surface area contributed by atoms with Crippen LogP contribution in [0.1, 0.15) is 18.1 Å². The van der Waals surface area contributed by atoms with Gasteiger partial charge >= 0.3 is 0 Å². The molecule has 1 rings (SSSR count). The van der Waals surface area contributed by atoms with Crippen molar-refractivity contribution in [2.75, 3.05) is 5.88 Å². The summed E-state index contributed by atoms with van der Waals surface area (Å²) in [6.45, 7) is 4.97. The largest absolute Gasteiger partial charge is 0.289 e. The topological polar surface area (TPSA) is 89.3 Å². The average Bonchev–Trinajstić information content (AvgIpc) is 2.30. The van der Waals surface area contributed by atoms with E-state index in [0.29, 0.717) is 11.1 Å². The van der Waals surface area contributed by atoms with Crippen LogP contribution < -0.4 is 4.72 Å². The van der Waals surface area contributed by atoms with Gasteiger partial charge in [-0.15, -0.1) is 11.6 Å². The van der Waals surface area contributed by atoms with Crippen molar-refractivity contribution in [3.05, 3.63) is 33.4 Å². The normalized spacial score (nSPS) is 13.3. The molecule has 8 heteroatoms. The highest BCUT2D eigenvalue weighted by molar-refractivity contribution is 7.89. The number of hydrogen-bond donors (Lipinski definition) is 1. The van der Waals surface area contributed by atoms with E-state index in [1.165, 1.54) is 12.1 Å². The molecule has 1 aromatic carbocycles. The summed E-state index contributed by atoms with van der Waals surface area (Å²) >= 11 is 5.54. The summed E-state index contributed by atoms with van der Waals surface area (Å²) in [5.74, 6) is 0.0812. The number of nitrogens with one attached hydrogen (secondary N) is 1. The number of rotatable bonds is 5. The molecular weight excluding hydrogens is 292 g/mol. The maximum Gasteiger partial charge on any atom is 0.289 e. The smallest absolute Gasteiger partial charge is 0.258 e. The average molecular weight is 307 g/mol. The minimum absolute atomic E-state index is 0.0812. The maximum absolute atomic E-state index is 12.1. The summed E-state index contributed by atoms with van der Waals surface area (Å²) in [4.78, 5) is 9.94. The Labute approximate surface area is 117 Å². The summed E-state index contributed by atoms with van der Waals surface area (Å²) in [5.41, 5.74) is 0.901. The van der Waals surface area contributed by atoms with Crippen LogP contribution in [0.15, 0.2) is 17.0 Å². The second-order valence-corrected chi connectivity index (χ2v) is 6.33. The lowest BCUT2D eigenvalue weighted by Gasteiger charge is -2.12. The van der Waals surface area contributed by atoms with Gasteiger partial charge in [-0.25, -0.2) is 13.1 Å². The molecule has 0 heterocycles. The Morgan fingerprint density at radius 1 is 1.37 bits per heavy atom. The molecule has 0 aliphatic rings. The number of alkyl halides is 1. The summed E-state index contributed by atoms with van der Waals surface area (Å²) in [5, 5.41) is 11.0. The van der Waals surface area contributed by atoms with Crippen LogP contribution in [0.5, 0.6) is 0 Å². The zero-order chi connectivity index (χ0) is 14.8. The van der Waals surface area contributed by atoms with Gasteiger partial charge in [0, 0.05) is 18.0 Å². The van der Waals surface area contributed by atoms with E-state index < -0.39 is 26.7 Å². The van der Waals surface area contributed by atoms with Crippen LogP contribution in [-0.2, 0) is 10.0 Å². The predicted octanol–water partition coefficient (Wildman–Crippen LogP) is 2.12. The van der Waals surface area contributed by atoms with Crippen molar-refractivity contribution in [3.63, 3.8) is 0 Å². The Morgan fingerprint density at radius 2 is 1.89 bits per heavy atom. The summed E-state index contributed by atoms with van der Waals surface area (Å²) in [7, 11) is -3.96. The van der Waals surface area contributed by atoms with Gasteiger partial charge < -0.3 is 0 Å². The number of aryl methyl sites for hydroxylation is 2. The number of nitro groups is 1. The van der Waals surface area contributed by atoms with Crippen LogP contribution in [0.4, 0.5) is 5.69 Å². The van der Waals surface area contributed by atoms with Crippen molar-refractivity contribution in [1.29, 1.82) is 0 Å². The molecule has 0 radical (unpaired) electrons. The van der Waals surface area contributed by atoms with Crippen LogP contribution in [-0.4, -0.2) is 25.3 Å². The molecule has 0 amide bonds. The highest BCUT2D eigenvalue weighted by atomic mass is 35.5. The summed E-state index contributed by atoms with van der Waals surface area (Å²) in [6.07, 6.45) is 0. The zero-order valence-corrected chi connectivity index (χ0v) is 12.4. The summed E-state index contributed by atoms with van der Waals surface area (Å²) in [6, 6.07) is 2.05. The van der Waals surface area contributed by atoms with Crippen LogP contribution >= 0.6 is 11.6 Å². The molecule has 0 aliphatic heterocycles. The number of nitro benzene ring substituents is 1. The lowest BCUT2D eigenvalue weighted by Crippen LogP contribution is -2.34. The van der Waals surface area contributed by atoms with Crippen molar-refractivity contribution in [1.82, 2.24) is 4.72 Å². The number of halogens is 1. The van der Waals surface area contributed by atoms with Crippen molar-refractivity contribution in [2.24, 2.45) is 0 Å². The lowest BCUT2D eigenvalue weighted by molar-refractivity contribution is -0.387. The Balaban J connectivity index is 3.40. The van der Waals surface area contributed by atoms with Gasteiger partial charge in [-0.3, -0.25) is 10.1 Å². The monoisotopic (exact) mass is 306 g/mol. The van der Waals surface area contributed by atoms with Gasteiger partial charge in [0.2, 0.25) is 10.0 Å². The van der Waals surface area contributed by atoms with Gasteiger partial charge in [0.1, 0.15) is 0 Å². The van der Waals surface area contributed by atoms with E-state index in [-0.39, 0.29) is 10.8 Å². The van der Waals surface area contributed by atoms with E-state index in [1.807, 2.05) is 0 Å². The van der Waals surface area contributed by atoms with Gasteiger partial charge in [-0.05, 0) is 38.0 Å². The zero-order valence-electron chi connectivity index (χ0n) is 10.8. The lowest BCUT2D eigenvalue weighted by atomic mass is 10.1. The van der Waals surface area contributed by atoms with Gasteiger partial charge in [0.25, 0.3) is 5.69 Å². The molecule has 106 valence electrons. The molecule has 0 saturated carbocycles. The molecule has 0 aromatic heterocycles. The van der Waals surface area contributed by atoms with Crippen molar-refractivity contribution < 1.29 is 13.3 Å². The van der Waals surface area contributed by atoms with Crippen LogP contribution in [0, 0.1) is 24.0 Å². The van der Waals surface area contributed by atoms with E-state index in [2.05, 4.69) is 4.72 Å². The maximum atomic E-state index is 12.1. The molecule has 1 N–H and O–H groups in total. The minimum Gasteiger partial charge on any atom is -0.258 e. The molecule has 0 bridgehead atoms. The fraction of sp³-hybridized carbons (Fsp3) is 0.455. The van der Waals surface area contributed by atoms with E-state index in [9.17, 15) is 18.5 Å². The van der Waals surface area contributed by atoms with E-state index in [0.717, 1.165) is 0 Å². The summed E-state index contributed by atoms with van der Waals surface area (Å²) < 4.78 is 26.5. The molecule has 0 aliphatic carbocycles. The molecule has 1 unspecified atom stereocenters. The first-order valence-electron chi connectivity index (χ1n) is 5.53. The molecule has 0 saturated heterocycles. The molecule has 1 aromatic rings. The number of hydrogen-bond acceptors (Lipinski definition) is 4. The Morgan fingerprint density at radius 3 is 2.37 bits per heavy atom. The third kappa shape index (κ3) is 3.65. The molecule has 0 fully saturated rings. The predicted molar refractivity (Wildman–Crippen MR) is 73.1 cm³/mol. The van der Waals surface area contributed by atoms with Gasteiger partial charge in [0.05, 0.1) is 4.92 Å². The molecule has 1 atom stereocenters. The first-order valence-corrected chi connectivity index (χ1v) is 7.54. The fourth-order valence-electron chi connectivity index (χ4n) is 1.49. The van der Waals surface area contributed by atoms with Crippen LogP contribution in [0.2, 0.25) is 0 Å². The minimum atomic E-state index is -3.96. The van der Waals surface area contributed by atoms with E-state index in [4.69, 9.17) is 11.6 Å². The molecular formula is C11H15ClN2O4S. The number of benzene rings is 1. The van der Waals surface area contributed by atoms with Gasteiger partial charge in [0.15, 0.2) is 4.90 Å². The quantitative estimate of drug-likeness (QED) is 0.512. The third-order valence-electron chi connectivity index (χ3n) is 2.65. The second kappa shape index (κ2) is 5.85. The first kappa shape index (κ1) is 15.9. The molecule has 0 spiro atoms. The number of sulfonamides is 1. The van der Waals surface area contributed by atoms with E-state index >= 15 is 0 Å². The highest BCUT2D eigenvalue weighted by Crippen LogP contribution is 2.27. The van der Waals surface area contributed by atoms with Gasteiger partial charge in [-0.1, -0.05) is 0 Å². The van der Waals surface area contributed by atoms with Crippen molar-refractivity contribution in [3.8, 4) is 0 Å². The van der Waals surface area contributed by atoms with Crippen molar-refractivity contribution >= 4 is 27.3 Å². The molecule has 19 heavy (non-hydrogen) atoms. The van der Waals surface area contributed by atoms with Crippen molar-refractivity contribution in [2.45, 2.75) is 31.7 Å². The second-order valence-electron chi connectivity index (χ2n) is 4.34.